The first-order valence-electron chi connectivity index (χ1n) is 11.7. The molecular weight excluding hydrogens is 474 g/mol. The number of ether oxygens (including phenoxy) is 2. The van der Waals surface area contributed by atoms with E-state index in [0.29, 0.717) is 59.1 Å². The fourth-order valence-corrected chi connectivity index (χ4v) is 3.79. The zero-order valence-corrected chi connectivity index (χ0v) is 20.7. The number of carbonyl (C=O) groups is 1. The Morgan fingerprint density at radius 3 is 2.62 bits per heavy atom. The van der Waals surface area contributed by atoms with Gasteiger partial charge in [0, 0.05) is 31.0 Å². The number of para-hydroxylation sites is 2. The molecule has 2 heterocycles. The number of methoxy groups -OCH3 is 1. The van der Waals surface area contributed by atoms with Crippen LogP contribution in [-0.4, -0.2) is 60.2 Å². The second-order valence-corrected chi connectivity index (χ2v) is 8.11. The van der Waals surface area contributed by atoms with Gasteiger partial charge >= 0.3 is 0 Å². The highest BCUT2D eigenvalue weighted by atomic mass is 16.5. The minimum absolute atomic E-state index is 0.294. The fraction of sp³-hybridized carbons (Fsp3) is 0.231. The van der Waals surface area contributed by atoms with Crippen molar-refractivity contribution in [2.45, 2.75) is 6.92 Å². The molecule has 1 aromatic heterocycles. The van der Waals surface area contributed by atoms with Gasteiger partial charge in [-0.2, -0.15) is 4.98 Å². The summed E-state index contributed by atoms with van der Waals surface area (Å²) in [4.78, 5) is 23.1. The molecule has 1 saturated heterocycles. The number of hydrogen-bond donors (Lipinski definition) is 4. The summed E-state index contributed by atoms with van der Waals surface area (Å²) in [6.45, 7) is 8.14. The minimum Gasteiger partial charge on any atom is -0.494 e. The Bertz CT molecular complexity index is 1310. The summed E-state index contributed by atoms with van der Waals surface area (Å²) in [5, 5.41) is 21.9. The Morgan fingerprint density at radius 2 is 1.92 bits per heavy atom. The van der Waals surface area contributed by atoms with Gasteiger partial charge in [-0.1, -0.05) is 23.9 Å². The smallest absolute Gasteiger partial charge is 0.247 e. The summed E-state index contributed by atoms with van der Waals surface area (Å²) in [6, 6.07) is 13.0. The van der Waals surface area contributed by atoms with Gasteiger partial charge in [0.1, 0.15) is 11.6 Å². The molecular formula is C26H29N7O4. The van der Waals surface area contributed by atoms with Crippen LogP contribution in [0.15, 0.2) is 66.5 Å². The fourth-order valence-electron chi connectivity index (χ4n) is 3.79. The first kappa shape index (κ1) is 25.5. The Morgan fingerprint density at radius 1 is 1.16 bits per heavy atom. The summed E-state index contributed by atoms with van der Waals surface area (Å²) >= 11 is 0. The third kappa shape index (κ3) is 6.14. The number of hydrogen-bond acceptors (Lipinski definition) is 10. The van der Waals surface area contributed by atoms with Gasteiger partial charge in [0.25, 0.3) is 0 Å². The largest absolute Gasteiger partial charge is 0.494 e. The van der Waals surface area contributed by atoms with Crippen LogP contribution in [0.5, 0.6) is 5.75 Å². The number of amides is 1. The zero-order valence-electron chi connectivity index (χ0n) is 20.7. The normalized spacial score (nSPS) is 13.6. The minimum atomic E-state index is -0.347. The Kier molecular flexibility index (Phi) is 8.16. The van der Waals surface area contributed by atoms with Crippen LogP contribution < -0.4 is 25.6 Å². The van der Waals surface area contributed by atoms with Crippen LogP contribution in [0, 0.1) is 0 Å². The average Bonchev–Trinajstić information content (AvgIpc) is 2.94. The summed E-state index contributed by atoms with van der Waals surface area (Å²) in [6.07, 6.45) is 2.74. The van der Waals surface area contributed by atoms with Crippen LogP contribution in [0.25, 0.3) is 0 Å². The lowest BCUT2D eigenvalue weighted by Crippen LogP contribution is -2.36. The van der Waals surface area contributed by atoms with Crippen LogP contribution in [0.2, 0.25) is 0 Å². The van der Waals surface area contributed by atoms with Crippen LogP contribution in [0.1, 0.15) is 12.5 Å². The predicted molar refractivity (Wildman–Crippen MR) is 144 cm³/mol. The molecule has 1 aliphatic rings. The lowest BCUT2D eigenvalue weighted by molar-refractivity contribution is -0.111. The van der Waals surface area contributed by atoms with Gasteiger partial charge < -0.3 is 35.5 Å². The summed E-state index contributed by atoms with van der Waals surface area (Å²) < 4.78 is 11.1. The average molecular weight is 504 g/mol. The molecule has 0 saturated carbocycles. The summed E-state index contributed by atoms with van der Waals surface area (Å²) in [7, 11) is 1.61. The van der Waals surface area contributed by atoms with Crippen LogP contribution >= 0.6 is 0 Å². The van der Waals surface area contributed by atoms with E-state index < -0.39 is 0 Å². The molecule has 1 amide bonds. The van der Waals surface area contributed by atoms with E-state index >= 15 is 0 Å². The van der Waals surface area contributed by atoms with E-state index in [-0.39, 0.29) is 5.91 Å². The molecule has 0 atom stereocenters. The molecule has 0 bridgehead atoms. The first-order chi connectivity index (χ1) is 18.0. The van der Waals surface area contributed by atoms with Gasteiger partial charge in [-0.15, -0.1) is 0 Å². The lowest BCUT2D eigenvalue weighted by atomic mass is 10.2. The number of carbonyl (C=O) groups excluding carboxylic acids is 1. The highest BCUT2D eigenvalue weighted by molar-refractivity contribution is 6.04. The number of rotatable bonds is 9. The number of morpholine rings is 1. The molecule has 0 unspecified atom stereocenters. The molecule has 11 nitrogen and oxygen atoms in total. The van der Waals surface area contributed by atoms with Gasteiger partial charge in [-0.05, 0) is 37.3 Å². The molecule has 37 heavy (non-hydrogen) atoms. The van der Waals surface area contributed by atoms with Crippen LogP contribution in [0.4, 0.5) is 34.5 Å². The highest BCUT2D eigenvalue weighted by Crippen LogP contribution is 2.33. The van der Waals surface area contributed by atoms with Crippen molar-refractivity contribution in [3.8, 4) is 5.75 Å². The van der Waals surface area contributed by atoms with Crippen molar-refractivity contribution in [1.29, 1.82) is 0 Å². The van der Waals surface area contributed by atoms with E-state index in [0.717, 1.165) is 18.8 Å². The van der Waals surface area contributed by atoms with Crippen molar-refractivity contribution in [2.24, 2.45) is 5.16 Å². The monoisotopic (exact) mass is 503 g/mol. The highest BCUT2D eigenvalue weighted by Gasteiger charge is 2.16. The van der Waals surface area contributed by atoms with E-state index in [2.05, 4.69) is 42.6 Å². The van der Waals surface area contributed by atoms with Gasteiger partial charge in [0.05, 0.1) is 48.7 Å². The quantitative estimate of drug-likeness (QED) is 0.147. The number of nitrogens with one attached hydrogen (secondary N) is 3. The number of nitrogens with zero attached hydrogens (tertiary/aromatic N) is 4. The van der Waals surface area contributed by atoms with E-state index in [4.69, 9.17) is 9.47 Å². The molecule has 11 heteroatoms. The molecule has 0 radical (unpaired) electrons. The molecule has 0 aliphatic carbocycles. The topological polar surface area (TPSA) is 133 Å². The van der Waals surface area contributed by atoms with Gasteiger partial charge in [0.2, 0.25) is 11.9 Å². The van der Waals surface area contributed by atoms with Crippen molar-refractivity contribution in [3.05, 3.63) is 66.9 Å². The number of aromatic nitrogens is 2. The number of benzene rings is 2. The third-order valence-corrected chi connectivity index (χ3v) is 5.76. The van der Waals surface area contributed by atoms with Crippen molar-refractivity contribution in [3.63, 3.8) is 0 Å². The third-order valence-electron chi connectivity index (χ3n) is 5.76. The molecule has 3 aromatic rings. The van der Waals surface area contributed by atoms with E-state index in [1.165, 1.54) is 6.08 Å². The maximum absolute atomic E-state index is 11.9. The molecule has 192 valence electrons. The zero-order chi connectivity index (χ0) is 26.2. The van der Waals surface area contributed by atoms with Crippen LogP contribution in [0.3, 0.4) is 0 Å². The first-order valence-corrected chi connectivity index (χ1v) is 11.7. The van der Waals surface area contributed by atoms with E-state index in [9.17, 15) is 10.0 Å². The summed E-state index contributed by atoms with van der Waals surface area (Å²) in [5.41, 5.74) is 3.63. The Labute approximate surface area is 214 Å². The Hall–Kier alpha value is -4.64. The second kappa shape index (κ2) is 11.9. The lowest BCUT2D eigenvalue weighted by Gasteiger charge is -2.29. The van der Waals surface area contributed by atoms with E-state index in [1.54, 1.807) is 38.4 Å². The van der Waals surface area contributed by atoms with Gasteiger partial charge in [-0.25, -0.2) is 4.98 Å². The SMILES string of the molecule is C=CC(=O)Nc1ccccc1Nc1nc(Nc2ccc(N3CCOCC3)cc2OC)ncc1/C(C)=N/O. The van der Waals surface area contributed by atoms with Crippen molar-refractivity contribution in [1.82, 2.24) is 9.97 Å². The predicted octanol–water partition coefficient (Wildman–Crippen LogP) is 4.13. The second-order valence-electron chi connectivity index (χ2n) is 8.11. The number of anilines is 6. The molecule has 2 aromatic carbocycles. The molecule has 1 fully saturated rings. The molecule has 1 aliphatic heterocycles. The van der Waals surface area contributed by atoms with Crippen LogP contribution in [-0.2, 0) is 9.53 Å². The molecule has 0 spiro atoms. The standard InChI is InChI=1S/C26H29N7O4/c1-4-24(34)28-20-7-5-6-8-21(20)29-25-19(17(2)32-35)16-27-26(31-25)30-22-10-9-18(15-23(22)36-3)33-11-13-37-14-12-33/h4-10,15-16,35H,1,11-14H2,2-3H3,(H,28,34)(H2,27,29,30,31)/b32-17+. The molecule has 4 rings (SSSR count). The van der Waals surface area contributed by atoms with Crippen molar-refractivity contribution < 1.29 is 19.5 Å². The summed E-state index contributed by atoms with van der Waals surface area (Å²) in [5.74, 6) is 0.955. The van der Waals surface area contributed by atoms with Crippen molar-refractivity contribution in [2.75, 3.05) is 54.3 Å². The van der Waals surface area contributed by atoms with E-state index in [1.807, 2.05) is 24.3 Å². The number of oxime groups is 1. The Balaban J connectivity index is 1.64. The maximum atomic E-state index is 11.9. The maximum Gasteiger partial charge on any atom is 0.247 e. The molecule has 4 N–H and O–H groups in total. The van der Waals surface area contributed by atoms with Gasteiger partial charge in [-0.3, -0.25) is 4.79 Å². The van der Waals surface area contributed by atoms with Crippen molar-refractivity contribution >= 4 is 46.1 Å². The van der Waals surface area contributed by atoms with Gasteiger partial charge in [0.15, 0.2) is 0 Å².